The van der Waals surface area contributed by atoms with Gasteiger partial charge in [0.25, 0.3) is 0 Å². The van der Waals surface area contributed by atoms with Crippen LogP contribution in [0.2, 0.25) is 0 Å². The van der Waals surface area contributed by atoms with Crippen molar-refractivity contribution in [2.45, 2.75) is 13.3 Å². The largest absolute Gasteiger partial charge is 0.346 e. The van der Waals surface area contributed by atoms with Crippen LogP contribution in [0.4, 0.5) is 0 Å². The lowest BCUT2D eigenvalue weighted by Gasteiger charge is -1.91. The quantitative estimate of drug-likeness (QED) is 0.634. The molecule has 0 saturated carbocycles. The summed E-state index contributed by atoms with van der Waals surface area (Å²) < 4.78 is 0. The molecule has 16 heavy (non-hydrogen) atoms. The summed E-state index contributed by atoms with van der Waals surface area (Å²) in [5, 5.41) is 1.02. The molecule has 0 aliphatic rings. The van der Waals surface area contributed by atoms with Crippen molar-refractivity contribution >= 4 is 28.4 Å². The Labute approximate surface area is 90.9 Å². The zero-order valence-corrected chi connectivity index (χ0v) is 8.74. The van der Waals surface area contributed by atoms with Crippen molar-refractivity contribution in [2.75, 3.05) is 0 Å². The topological polar surface area (TPSA) is 74.4 Å². The van der Waals surface area contributed by atoms with Gasteiger partial charge in [0.2, 0.25) is 0 Å². The number of H-pyrrole nitrogens is 2. The summed E-state index contributed by atoms with van der Waals surface area (Å²) in [6.07, 6.45) is 4.78. The van der Waals surface area contributed by atoms with Gasteiger partial charge in [-0.15, -0.1) is 0 Å². The molecule has 0 aliphatic heterocycles. The first-order valence-electron chi connectivity index (χ1n) is 5.04. The number of aromatic nitrogens is 4. The van der Waals surface area contributed by atoms with E-state index in [0.29, 0.717) is 12.2 Å². The second-order valence-corrected chi connectivity index (χ2v) is 3.77. The lowest BCUT2D eigenvalue weighted by molar-refractivity contribution is -0.107. The molecule has 0 bridgehead atoms. The summed E-state index contributed by atoms with van der Waals surface area (Å²) >= 11 is 0. The van der Waals surface area contributed by atoms with Crippen molar-refractivity contribution in [3.05, 3.63) is 23.8 Å². The fourth-order valence-corrected chi connectivity index (χ4v) is 1.93. The molecule has 5 heteroatoms. The van der Waals surface area contributed by atoms with Crippen LogP contribution in [0, 0.1) is 6.92 Å². The van der Waals surface area contributed by atoms with Crippen LogP contribution in [0.3, 0.4) is 0 Å². The molecule has 0 aromatic carbocycles. The van der Waals surface area contributed by atoms with Crippen LogP contribution in [0.15, 0.2) is 12.4 Å². The van der Waals surface area contributed by atoms with Gasteiger partial charge in [-0.3, -0.25) is 0 Å². The van der Waals surface area contributed by atoms with E-state index in [1.807, 2.05) is 13.1 Å². The van der Waals surface area contributed by atoms with Crippen LogP contribution < -0.4 is 0 Å². The van der Waals surface area contributed by atoms with Crippen molar-refractivity contribution < 1.29 is 4.79 Å². The Hall–Kier alpha value is -2.17. The number of carbonyl (C=O) groups excluding carboxylic acids is 1. The summed E-state index contributed by atoms with van der Waals surface area (Å²) in [7, 11) is 0. The number of aryl methyl sites for hydroxylation is 1. The van der Waals surface area contributed by atoms with Crippen LogP contribution in [-0.2, 0) is 11.2 Å². The molecule has 3 aromatic heterocycles. The number of rotatable bonds is 2. The maximum absolute atomic E-state index is 10.4. The number of imidazole rings is 1. The Morgan fingerprint density at radius 3 is 3.19 bits per heavy atom. The molecule has 0 amide bonds. The first kappa shape index (κ1) is 9.08. The molecule has 0 fully saturated rings. The van der Waals surface area contributed by atoms with E-state index in [-0.39, 0.29) is 0 Å². The van der Waals surface area contributed by atoms with Gasteiger partial charge in [-0.2, -0.15) is 0 Å². The maximum Gasteiger partial charge on any atom is 0.139 e. The number of aldehydes is 1. The fourth-order valence-electron chi connectivity index (χ4n) is 1.93. The van der Waals surface area contributed by atoms with E-state index in [4.69, 9.17) is 0 Å². The molecule has 3 aromatic rings. The molecule has 80 valence electrons. The van der Waals surface area contributed by atoms with Gasteiger partial charge in [-0.25, -0.2) is 9.97 Å². The molecule has 3 rings (SSSR count). The molecule has 2 N–H and O–H groups in total. The number of fused-ring (bicyclic) bond motifs is 3. The number of pyridine rings is 1. The average Bonchev–Trinajstić information content (AvgIpc) is 2.82. The Morgan fingerprint density at radius 2 is 2.38 bits per heavy atom. The highest BCUT2D eigenvalue weighted by Crippen LogP contribution is 2.24. The molecule has 0 radical (unpaired) electrons. The number of hydrogen-bond acceptors (Lipinski definition) is 3. The Kier molecular flexibility index (Phi) is 1.80. The zero-order chi connectivity index (χ0) is 11.1. The molecule has 0 spiro atoms. The predicted octanol–water partition coefficient (Wildman–Crippen LogP) is 1.49. The molecular weight excluding hydrogens is 204 g/mol. The Balaban J connectivity index is 2.39. The lowest BCUT2D eigenvalue weighted by Crippen LogP contribution is -1.86. The molecule has 0 aliphatic carbocycles. The minimum absolute atomic E-state index is 0.305. The normalized spacial score (nSPS) is 11.3. The van der Waals surface area contributed by atoms with Gasteiger partial charge in [-0.1, -0.05) is 0 Å². The fraction of sp³-hybridized carbons (Fsp3) is 0.182. The summed E-state index contributed by atoms with van der Waals surface area (Å²) in [6, 6.07) is 0. The second-order valence-electron chi connectivity index (χ2n) is 3.77. The number of nitrogens with zero attached hydrogens (tertiary/aromatic N) is 2. The number of carbonyl (C=O) groups is 1. The standard InChI is InChI=1S/C11H10N4O/c1-6-4-12-11-9(6)10-7(5-13-11)14-8(15-10)2-3-16/h3-5H,2H2,1H3,(H,12,13)(H,14,15). The third kappa shape index (κ3) is 1.14. The van der Waals surface area contributed by atoms with Gasteiger partial charge in [-0.05, 0) is 12.5 Å². The van der Waals surface area contributed by atoms with Gasteiger partial charge in [0.05, 0.1) is 18.1 Å². The van der Waals surface area contributed by atoms with Crippen molar-refractivity contribution in [2.24, 2.45) is 0 Å². The minimum Gasteiger partial charge on any atom is -0.346 e. The third-order valence-electron chi connectivity index (χ3n) is 2.67. The smallest absolute Gasteiger partial charge is 0.139 e. The number of nitrogens with one attached hydrogen (secondary N) is 2. The number of aromatic amines is 2. The minimum atomic E-state index is 0.305. The summed E-state index contributed by atoms with van der Waals surface area (Å²) in [4.78, 5) is 25.3. The van der Waals surface area contributed by atoms with E-state index in [1.165, 1.54) is 0 Å². The van der Waals surface area contributed by atoms with Crippen LogP contribution in [0.25, 0.3) is 22.1 Å². The van der Waals surface area contributed by atoms with E-state index in [0.717, 1.165) is 33.9 Å². The summed E-state index contributed by atoms with van der Waals surface area (Å²) in [5.41, 5.74) is 3.68. The average molecular weight is 214 g/mol. The van der Waals surface area contributed by atoms with E-state index < -0.39 is 0 Å². The summed E-state index contributed by atoms with van der Waals surface area (Å²) in [5.74, 6) is 0.680. The van der Waals surface area contributed by atoms with E-state index >= 15 is 0 Å². The highest BCUT2D eigenvalue weighted by Gasteiger charge is 2.10. The predicted molar refractivity (Wildman–Crippen MR) is 60.3 cm³/mol. The highest BCUT2D eigenvalue weighted by atomic mass is 16.1. The second kappa shape index (κ2) is 3.16. The van der Waals surface area contributed by atoms with Crippen LogP contribution >= 0.6 is 0 Å². The number of hydrogen-bond donors (Lipinski definition) is 2. The maximum atomic E-state index is 10.4. The Morgan fingerprint density at radius 1 is 1.50 bits per heavy atom. The van der Waals surface area contributed by atoms with E-state index in [2.05, 4.69) is 19.9 Å². The summed E-state index contributed by atoms with van der Waals surface area (Å²) in [6.45, 7) is 2.01. The van der Waals surface area contributed by atoms with Crippen LogP contribution in [0.1, 0.15) is 11.4 Å². The molecule has 5 nitrogen and oxygen atoms in total. The zero-order valence-electron chi connectivity index (χ0n) is 8.74. The highest BCUT2D eigenvalue weighted by molar-refractivity contribution is 6.02. The van der Waals surface area contributed by atoms with Crippen LogP contribution in [0.5, 0.6) is 0 Å². The van der Waals surface area contributed by atoms with Gasteiger partial charge >= 0.3 is 0 Å². The molecule has 0 atom stereocenters. The van der Waals surface area contributed by atoms with Gasteiger partial charge < -0.3 is 14.8 Å². The first-order chi connectivity index (χ1) is 7.79. The Bertz CT molecular complexity index is 680. The molecule has 0 saturated heterocycles. The first-order valence-corrected chi connectivity index (χ1v) is 5.04. The van der Waals surface area contributed by atoms with Crippen molar-refractivity contribution in [1.82, 2.24) is 19.9 Å². The third-order valence-corrected chi connectivity index (χ3v) is 2.67. The molecule has 0 unspecified atom stereocenters. The van der Waals surface area contributed by atoms with Gasteiger partial charge in [0.1, 0.15) is 23.3 Å². The monoisotopic (exact) mass is 214 g/mol. The van der Waals surface area contributed by atoms with E-state index in [9.17, 15) is 4.79 Å². The van der Waals surface area contributed by atoms with Crippen molar-refractivity contribution in [1.29, 1.82) is 0 Å². The van der Waals surface area contributed by atoms with Crippen molar-refractivity contribution in [3.8, 4) is 0 Å². The van der Waals surface area contributed by atoms with Crippen molar-refractivity contribution in [3.63, 3.8) is 0 Å². The molecule has 3 heterocycles. The van der Waals surface area contributed by atoms with Gasteiger partial charge in [0, 0.05) is 11.6 Å². The van der Waals surface area contributed by atoms with E-state index in [1.54, 1.807) is 6.20 Å². The lowest BCUT2D eigenvalue weighted by atomic mass is 10.2. The van der Waals surface area contributed by atoms with Crippen LogP contribution in [-0.4, -0.2) is 26.2 Å². The van der Waals surface area contributed by atoms with Gasteiger partial charge in [0.15, 0.2) is 0 Å². The SMILES string of the molecule is Cc1c[nH]c2ncc3[nH]c(CC=O)nc3c12. The molecular formula is C11H10N4O.